The summed E-state index contributed by atoms with van der Waals surface area (Å²) in [6.45, 7) is 12.9. The standard InChI is InChI=1S/C16H29N3O2/c1-7-13(18-15(20)21-16(4,5)6)14-10-17-11-19(14)9-8-12(2)3/h10-13H,7-9H2,1-6H3,(H,18,20)/t13-/m1/s1. The van der Waals surface area contributed by atoms with E-state index in [1.54, 1.807) is 0 Å². The molecule has 0 unspecified atom stereocenters. The molecule has 1 rings (SSSR count). The summed E-state index contributed by atoms with van der Waals surface area (Å²) in [6, 6.07) is -0.0745. The number of amides is 1. The van der Waals surface area contributed by atoms with Crippen molar-refractivity contribution in [1.29, 1.82) is 0 Å². The van der Waals surface area contributed by atoms with Crippen LogP contribution in [0, 0.1) is 5.92 Å². The summed E-state index contributed by atoms with van der Waals surface area (Å²) in [5.74, 6) is 0.638. The van der Waals surface area contributed by atoms with E-state index in [2.05, 4.69) is 28.7 Å². The lowest BCUT2D eigenvalue weighted by molar-refractivity contribution is 0.0500. The van der Waals surface area contributed by atoms with Crippen molar-refractivity contribution >= 4 is 6.09 Å². The van der Waals surface area contributed by atoms with Crippen molar-refractivity contribution in [3.05, 3.63) is 18.2 Å². The van der Waals surface area contributed by atoms with E-state index < -0.39 is 5.60 Å². The van der Waals surface area contributed by atoms with Crippen molar-refractivity contribution in [2.24, 2.45) is 5.92 Å². The quantitative estimate of drug-likeness (QED) is 0.865. The first-order valence-corrected chi connectivity index (χ1v) is 7.72. The van der Waals surface area contributed by atoms with Gasteiger partial charge >= 0.3 is 6.09 Å². The zero-order valence-electron chi connectivity index (χ0n) is 14.1. The van der Waals surface area contributed by atoms with Crippen LogP contribution in [0.25, 0.3) is 0 Å². The summed E-state index contributed by atoms with van der Waals surface area (Å²) >= 11 is 0. The molecule has 21 heavy (non-hydrogen) atoms. The fourth-order valence-corrected chi connectivity index (χ4v) is 2.04. The number of aromatic nitrogens is 2. The van der Waals surface area contributed by atoms with Gasteiger partial charge in [0.25, 0.3) is 0 Å². The van der Waals surface area contributed by atoms with Gasteiger partial charge in [0.05, 0.1) is 24.3 Å². The molecule has 1 atom stereocenters. The normalized spacial score (nSPS) is 13.3. The minimum absolute atomic E-state index is 0.0745. The zero-order chi connectivity index (χ0) is 16.0. The molecule has 5 heteroatoms. The number of alkyl carbamates (subject to hydrolysis) is 1. The van der Waals surface area contributed by atoms with Crippen LogP contribution in [-0.4, -0.2) is 21.2 Å². The molecule has 0 saturated carbocycles. The maximum absolute atomic E-state index is 11.9. The van der Waals surface area contributed by atoms with Crippen LogP contribution < -0.4 is 5.32 Å². The summed E-state index contributed by atoms with van der Waals surface area (Å²) < 4.78 is 7.44. The first-order valence-electron chi connectivity index (χ1n) is 7.72. The van der Waals surface area contributed by atoms with Crippen LogP contribution in [0.2, 0.25) is 0 Å². The summed E-state index contributed by atoms with van der Waals surface area (Å²) in [7, 11) is 0. The average Bonchev–Trinajstić information content (AvgIpc) is 2.79. The Morgan fingerprint density at radius 3 is 2.62 bits per heavy atom. The molecule has 1 aromatic rings. The highest BCUT2D eigenvalue weighted by Crippen LogP contribution is 2.18. The Morgan fingerprint density at radius 2 is 2.10 bits per heavy atom. The first-order chi connectivity index (χ1) is 9.73. The van der Waals surface area contributed by atoms with Crippen LogP contribution >= 0.6 is 0 Å². The topological polar surface area (TPSA) is 56.1 Å². The first kappa shape index (κ1) is 17.5. The SMILES string of the molecule is CC[C@@H](NC(=O)OC(C)(C)C)c1cncn1CCC(C)C. The summed E-state index contributed by atoms with van der Waals surface area (Å²) in [4.78, 5) is 16.2. The summed E-state index contributed by atoms with van der Waals surface area (Å²) in [5, 5.41) is 2.93. The molecular formula is C16H29N3O2. The lowest BCUT2D eigenvalue weighted by Crippen LogP contribution is -2.35. The Hall–Kier alpha value is -1.52. The number of carbonyl (C=O) groups excluding carboxylic acids is 1. The molecule has 0 aromatic carbocycles. The Labute approximate surface area is 128 Å². The Kier molecular flexibility index (Phi) is 6.24. The number of nitrogens with zero attached hydrogens (tertiary/aromatic N) is 2. The van der Waals surface area contributed by atoms with Crippen molar-refractivity contribution in [2.45, 2.75) is 72.6 Å². The second-order valence-corrected chi connectivity index (χ2v) is 6.80. The second-order valence-electron chi connectivity index (χ2n) is 6.80. The van der Waals surface area contributed by atoms with Crippen LogP contribution in [0.5, 0.6) is 0 Å². The number of hydrogen-bond acceptors (Lipinski definition) is 3. The van der Waals surface area contributed by atoms with Gasteiger partial charge in [-0.1, -0.05) is 20.8 Å². The van der Waals surface area contributed by atoms with Crippen LogP contribution in [-0.2, 0) is 11.3 Å². The van der Waals surface area contributed by atoms with Crippen molar-refractivity contribution < 1.29 is 9.53 Å². The molecule has 0 spiro atoms. The second kappa shape index (κ2) is 7.48. The van der Waals surface area contributed by atoms with Crippen LogP contribution in [0.4, 0.5) is 4.79 Å². The Morgan fingerprint density at radius 1 is 1.43 bits per heavy atom. The molecule has 1 aromatic heterocycles. The number of carbonyl (C=O) groups is 1. The molecule has 120 valence electrons. The van der Waals surface area contributed by atoms with E-state index in [-0.39, 0.29) is 12.1 Å². The number of imidazole rings is 1. The fraction of sp³-hybridized carbons (Fsp3) is 0.750. The highest BCUT2D eigenvalue weighted by atomic mass is 16.6. The van der Waals surface area contributed by atoms with E-state index in [9.17, 15) is 4.79 Å². The highest BCUT2D eigenvalue weighted by Gasteiger charge is 2.21. The smallest absolute Gasteiger partial charge is 0.408 e. The molecule has 1 amide bonds. The predicted octanol–water partition coefficient (Wildman–Crippen LogP) is 3.91. The van der Waals surface area contributed by atoms with Gasteiger partial charge in [-0.15, -0.1) is 0 Å². The van der Waals surface area contributed by atoms with E-state index in [1.165, 1.54) is 0 Å². The van der Waals surface area contributed by atoms with Gasteiger partial charge in [0, 0.05) is 6.54 Å². The fourth-order valence-electron chi connectivity index (χ4n) is 2.04. The Bertz CT molecular complexity index is 447. The Balaban J connectivity index is 2.72. The van der Waals surface area contributed by atoms with Crippen molar-refractivity contribution in [3.63, 3.8) is 0 Å². The molecular weight excluding hydrogens is 266 g/mol. The van der Waals surface area contributed by atoms with Crippen LogP contribution in [0.15, 0.2) is 12.5 Å². The van der Waals surface area contributed by atoms with Gasteiger partial charge in [0.1, 0.15) is 5.60 Å². The number of rotatable bonds is 6. The number of hydrogen-bond donors (Lipinski definition) is 1. The minimum atomic E-state index is -0.486. The van der Waals surface area contributed by atoms with Gasteiger partial charge in [-0.2, -0.15) is 0 Å². The highest BCUT2D eigenvalue weighted by molar-refractivity contribution is 5.68. The third kappa shape index (κ3) is 6.19. The lowest BCUT2D eigenvalue weighted by atomic mass is 10.1. The number of nitrogens with one attached hydrogen (secondary N) is 1. The molecule has 5 nitrogen and oxygen atoms in total. The summed E-state index contributed by atoms with van der Waals surface area (Å²) in [6.07, 6.45) is 5.16. The monoisotopic (exact) mass is 295 g/mol. The van der Waals surface area contributed by atoms with Gasteiger partial charge in [0.2, 0.25) is 0 Å². The maximum atomic E-state index is 11.9. The maximum Gasteiger partial charge on any atom is 0.408 e. The van der Waals surface area contributed by atoms with Gasteiger partial charge in [-0.25, -0.2) is 9.78 Å². The van der Waals surface area contributed by atoms with E-state index in [1.807, 2.05) is 40.2 Å². The van der Waals surface area contributed by atoms with Gasteiger partial charge in [0.15, 0.2) is 0 Å². The molecule has 1 N–H and O–H groups in total. The molecule has 0 aliphatic heterocycles. The van der Waals surface area contributed by atoms with Crippen molar-refractivity contribution in [1.82, 2.24) is 14.9 Å². The predicted molar refractivity (Wildman–Crippen MR) is 84.1 cm³/mol. The lowest BCUT2D eigenvalue weighted by Gasteiger charge is -2.23. The van der Waals surface area contributed by atoms with Crippen LogP contribution in [0.3, 0.4) is 0 Å². The minimum Gasteiger partial charge on any atom is -0.444 e. The molecule has 0 saturated heterocycles. The van der Waals surface area contributed by atoms with E-state index >= 15 is 0 Å². The number of aryl methyl sites for hydroxylation is 1. The van der Waals surface area contributed by atoms with E-state index in [0.717, 1.165) is 25.1 Å². The van der Waals surface area contributed by atoms with Crippen molar-refractivity contribution in [3.8, 4) is 0 Å². The third-order valence-electron chi connectivity index (χ3n) is 3.15. The van der Waals surface area contributed by atoms with Gasteiger partial charge in [-0.3, -0.25) is 0 Å². The molecule has 0 aliphatic carbocycles. The van der Waals surface area contributed by atoms with Crippen molar-refractivity contribution in [2.75, 3.05) is 0 Å². The largest absolute Gasteiger partial charge is 0.444 e. The van der Waals surface area contributed by atoms with Crippen LogP contribution in [0.1, 0.15) is 66.1 Å². The molecule has 0 bridgehead atoms. The average molecular weight is 295 g/mol. The van der Waals surface area contributed by atoms with Gasteiger partial charge in [-0.05, 0) is 39.5 Å². The molecule has 0 fully saturated rings. The third-order valence-corrected chi connectivity index (χ3v) is 3.15. The van der Waals surface area contributed by atoms with E-state index in [0.29, 0.717) is 5.92 Å². The molecule has 0 aliphatic rings. The molecule has 1 heterocycles. The zero-order valence-corrected chi connectivity index (χ0v) is 14.1. The van der Waals surface area contributed by atoms with E-state index in [4.69, 9.17) is 4.74 Å². The number of ether oxygens (including phenoxy) is 1. The molecule has 0 radical (unpaired) electrons. The summed E-state index contributed by atoms with van der Waals surface area (Å²) in [5.41, 5.74) is 0.546. The van der Waals surface area contributed by atoms with Gasteiger partial charge < -0.3 is 14.6 Å².